The Kier molecular flexibility index (Phi) is 4.27. The SMILES string of the molecule is Clc1ccc(C(OC[C@@H]2CO2)c2ccc(Cl)cc2)cc1. The lowest BCUT2D eigenvalue weighted by Gasteiger charge is -2.18. The molecule has 0 bridgehead atoms. The Morgan fingerprint density at radius 3 is 1.80 bits per heavy atom. The van der Waals surface area contributed by atoms with Crippen LogP contribution in [0.3, 0.4) is 0 Å². The van der Waals surface area contributed by atoms with Gasteiger partial charge < -0.3 is 9.47 Å². The molecule has 1 aliphatic heterocycles. The van der Waals surface area contributed by atoms with Crippen LogP contribution in [0.1, 0.15) is 17.2 Å². The van der Waals surface area contributed by atoms with Gasteiger partial charge in [-0.25, -0.2) is 0 Å². The van der Waals surface area contributed by atoms with E-state index in [0.29, 0.717) is 16.7 Å². The maximum atomic E-state index is 6.01. The van der Waals surface area contributed by atoms with Crippen LogP contribution in [-0.2, 0) is 9.47 Å². The van der Waals surface area contributed by atoms with Crippen LogP contribution in [-0.4, -0.2) is 19.3 Å². The molecule has 1 fully saturated rings. The van der Waals surface area contributed by atoms with Gasteiger partial charge in [0, 0.05) is 10.0 Å². The monoisotopic (exact) mass is 308 g/mol. The van der Waals surface area contributed by atoms with Gasteiger partial charge in [-0.15, -0.1) is 0 Å². The molecule has 0 saturated carbocycles. The van der Waals surface area contributed by atoms with Gasteiger partial charge in [-0.1, -0.05) is 47.5 Å². The molecule has 0 N–H and O–H groups in total. The van der Waals surface area contributed by atoms with E-state index < -0.39 is 0 Å². The molecule has 104 valence electrons. The normalized spacial score (nSPS) is 17.4. The number of hydrogen-bond donors (Lipinski definition) is 0. The van der Waals surface area contributed by atoms with Crippen LogP contribution in [0.4, 0.5) is 0 Å². The summed E-state index contributed by atoms with van der Waals surface area (Å²) in [4.78, 5) is 0. The minimum atomic E-state index is -0.131. The molecular formula is C16H14Cl2O2. The number of halogens is 2. The molecule has 0 aromatic heterocycles. The van der Waals surface area contributed by atoms with Crippen molar-refractivity contribution in [1.29, 1.82) is 0 Å². The third-order valence-corrected chi connectivity index (χ3v) is 3.70. The molecule has 20 heavy (non-hydrogen) atoms. The smallest absolute Gasteiger partial charge is 0.108 e. The Balaban J connectivity index is 1.85. The lowest BCUT2D eigenvalue weighted by atomic mass is 10.0. The van der Waals surface area contributed by atoms with E-state index >= 15 is 0 Å². The molecule has 0 amide bonds. The van der Waals surface area contributed by atoms with Gasteiger partial charge in [0.2, 0.25) is 0 Å². The highest BCUT2D eigenvalue weighted by Crippen LogP contribution is 2.29. The Morgan fingerprint density at radius 2 is 1.40 bits per heavy atom. The zero-order valence-corrected chi connectivity index (χ0v) is 12.3. The van der Waals surface area contributed by atoms with Gasteiger partial charge in [0.25, 0.3) is 0 Å². The summed E-state index contributed by atoms with van der Waals surface area (Å²) in [7, 11) is 0. The van der Waals surface area contributed by atoms with Gasteiger partial charge in [0.15, 0.2) is 0 Å². The molecule has 1 aliphatic rings. The third-order valence-electron chi connectivity index (χ3n) is 3.20. The Hall–Kier alpha value is -1.06. The molecule has 4 heteroatoms. The summed E-state index contributed by atoms with van der Waals surface area (Å²) in [5, 5.41) is 1.43. The number of hydrogen-bond acceptors (Lipinski definition) is 2. The first-order valence-corrected chi connectivity index (χ1v) is 7.22. The molecule has 0 aliphatic carbocycles. The Bertz CT molecular complexity index is 517. The number of ether oxygens (including phenoxy) is 2. The fourth-order valence-corrected chi connectivity index (χ4v) is 2.28. The van der Waals surface area contributed by atoms with Crippen LogP contribution < -0.4 is 0 Å². The molecule has 1 saturated heterocycles. The van der Waals surface area contributed by atoms with E-state index in [0.717, 1.165) is 17.7 Å². The molecule has 2 aromatic rings. The zero-order valence-electron chi connectivity index (χ0n) is 10.8. The van der Waals surface area contributed by atoms with Crippen molar-refractivity contribution in [3.8, 4) is 0 Å². The van der Waals surface area contributed by atoms with Gasteiger partial charge in [-0.05, 0) is 35.4 Å². The summed E-state index contributed by atoms with van der Waals surface area (Å²) in [6.45, 7) is 1.38. The Morgan fingerprint density at radius 1 is 0.950 bits per heavy atom. The van der Waals surface area contributed by atoms with E-state index in [1.54, 1.807) is 0 Å². The maximum absolute atomic E-state index is 6.01. The molecule has 0 unspecified atom stereocenters. The van der Waals surface area contributed by atoms with Gasteiger partial charge in [0.1, 0.15) is 12.2 Å². The van der Waals surface area contributed by atoms with Gasteiger partial charge in [0.05, 0.1) is 13.2 Å². The molecular weight excluding hydrogens is 295 g/mol. The summed E-state index contributed by atoms with van der Waals surface area (Å²) in [6, 6.07) is 15.4. The first kappa shape index (κ1) is 13.9. The van der Waals surface area contributed by atoms with E-state index in [1.165, 1.54) is 0 Å². The quantitative estimate of drug-likeness (QED) is 0.759. The van der Waals surface area contributed by atoms with Crippen molar-refractivity contribution in [2.24, 2.45) is 0 Å². The van der Waals surface area contributed by atoms with Crippen LogP contribution in [0.15, 0.2) is 48.5 Å². The second-order valence-electron chi connectivity index (χ2n) is 4.77. The molecule has 1 atom stereocenters. The maximum Gasteiger partial charge on any atom is 0.108 e. The second kappa shape index (κ2) is 6.15. The van der Waals surface area contributed by atoms with E-state index in [1.807, 2.05) is 48.5 Å². The summed E-state index contributed by atoms with van der Waals surface area (Å²) in [5.74, 6) is 0. The van der Waals surface area contributed by atoms with Crippen molar-refractivity contribution < 1.29 is 9.47 Å². The standard InChI is InChI=1S/C16H14Cl2O2/c17-13-5-1-11(2-6-13)16(20-10-15-9-19-15)12-3-7-14(18)8-4-12/h1-8,15-16H,9-10H2/t15-/m0/s1. The van der Waals surface area contributed by atoms with E-state index in [9.17, 15) is 0 Å². The van der Waals surface area contributed by atoms with Crippen molar-refractivity contribution in [3.05, 3.63) is 69.7 Å². The lowest BCUT2D eigenvalue weighted by Crippen LogP contribution is -2.10. The van der Waals surface area contributed by atoms with Crippen LogP contribution in [0.25, 0.3) is 0 Å². The van der Waals surface area contributed by atoms with Crippen molar-refractivity contribution in [3.63, 3.8) is 0 Å². The van der Waals surface area contributed by atoms with Crippen LogP contribution in [0, 0.1) is 0 Å². The van der Waals surface area contributed by atoms with E-state index in [4.69, 9.17) is 32.7 Å². The van der Waals surface area contributed by atoms with Crippen molar-refractivity contribution >= 4 is 23.2 Å². The summed E-state index contributed by atoms with van der Waals surface area (Å²) in [5.41, 5.74) is 2.13. The average Bonchev–Trinajstić information content (AvgIpc) is 3.27. The van der Waals surface area contributed by atoms with Crippen molar-refractivity contribution in [2.75, 3.05) is 13.2 Å². The van der Waals surface area contributed by atoms with Gasteiger partial charge in [-0.3, -0.25) is 0 Å². The predicted molar refractivity (Wildman–Crippen MR) is 80.4 cm³/mol. The summed E-state index contributed by atoms with van der Waals surface area (Å²) in [6.07, 6.45) is 0.103. The molecule has 0 spiro atoms. The van der Waals surface area contributed by atoms with Gasteiger partial charge in [-0.2, -0.15) is 0 Å². The molecule has 3 rings (SSSR count). The fourth-order valence-electron chi connectivity index (χ4n) is 2.03. The minimum Gasteiger partial charge on any atom is -0.371 e. The van der Waals surface area contributed by atoms with Crippen LogP contribution in [0.5, 0.6) is 0 Å². The zero-order chi connectivity index (χ0) is 13.9. The molecule has 1 heterocycles. The van der Waals surface area contributed by atoms with Crippen LogP contribution in [0.2, 0.25) is 10.0 Å². The third kappa shape index (κ3) is 3.53. The second-order valence-corrected chi connectivity index (χ2v) is 5.64. The molecule has 2 aromatic carbocycles. The molecule has 2 nitrogen and oxygen atoms in total. The number of rotatable bonds is 5. The average molecular weight is 309 g/mol. The number of benzene rings is 2. The minimum absolute atomic E-state index is 0.131. The highest BCUT2D eigenvalue weighted by atomic mass is 35.5. The predicted octanol–water partition coefficient (Wildman–Crippen LogP) is 4.50. The largest absolute Gasteiger partial charge is 0.371 e. The highest BCUT2D eigenvalue weighted by Gasteiger charge is 2.25. The summed E-state index contributed by atoms with van der Waals surface area (Å²) >= 11 is 11.9. The number of epoxide rings is 1. The van der Waals surface area contributed by atoms with Crippen molar-refractivity contribution in [2.45, 2.75) is 12.2 Å². The first-order chi connectivity index (χ1) is 9.72. The van der Waals surface area contributed by atoms with Gasteiger partial charge >= 0.3 is 0 Å². The highest BCUT2D eigenvalue weighted by molar-refractivity contribution is 6.30. The topological polar surface area (TPSA) is 21.8 Å². The summed E-state index contributed by atoms with van der Waals surface area (Å²) < 4.78 is 11.2. The van der Waals surface area contributed by atoms with E-state index in [2.05, 4.69) is 0 Å². The van der Waals surface area contributed by atoms with Crippen molar-refractivity contribution in [1.82, 2.24) is 0 Å². The Labute approximate surface area is 128 Å². The molecule has 0 radical (unpaired) electrons. The van der Waals surface area contributed by atoms with Crippen LogP contribution >= 0.6 is 23.2 Å². The van der Waals surface area contributed by atoms with E-state index in [-0.39, 0.29) is 12.2 Å². The first-order valence-electron chi connectivity index (χ1n) is 6.46. The fraction of sp³-hybridized carbons (Fsp3) is 0.250. The lowest BCUT2D eigenvalue weighted by molar-refractivity contribution is 0.0672.